The maximum atomic E-state index is 12.9. The van der Waals surface area contributed by atoms with Crippen LogP contribution in [0.15, 0.2) is 47.6 Å². The van der Waals surface area contributed by atoms with Crippen molar-refractivity contribution in [3.8, 4) is 11.5 Å². The highest BCUT2D eigenvalue weighted by atomic mass is 79.9. The molecule has 28 heavy (non-hydrogen) atoms. The van der Waals surface area contributed by atoms with Crippen molar-refractivity contribution < 1.29 is 9.47 Å². The number of nitrogens with zero attached hydrogens (tertiary/aromatic N) is 3. The number of methoxy groups -OCH3 is 1. The van der Waals surface area contributed by atoms with Crippen molar-refractivity contribution in [1.29, 1.82) is 0 Å². The van der Waals surface area contributed by atoms with Crippen LogP contribution in [0.25, 0.3) is 10.9 Å². The van der Waals surface area contributed by atoms with Gasteiger partial charge in [-0.3, -0.25) is 4.79 Å². The van der Waals surface area contributed by atoms with Gasteiger partial charge in [-0.15, -0.1) is 0 Å². The second-order valence-electron chi connectivity index (χ2n) is 5.74. The lowest BCUT2D eigenvalue weighted by atomic mass is 10.2. The van der Waals surface area contributed by atoms with E-state index in [1.54, 1.807) is 38.4 Å². The maximum absolute atomic E-state index is 12.9. The van der Waals surface area contributed by atoms with Crippen LogP contribution in [0.3, 0.4) is 0 Å². The van der Waals surface area contributed by atoms with Crippen molar-refractivity contribution >= 4 is 64.9 Å². The van der Waals surface area contributed by atoms with Crippen molar-refractivity contribution in [2.45, 2.75) is 13.8 Å². The molecule has 0 amide bonds. The van der Waals surface area contributed by atoms with E-state index in [1.807, 2.05) is 13.0 Å². The van der Waals surface area contributed by atoms with Crippen molar-refractivity contribution in [3.05, 3.63) is 59.4 Å². The summed E-state index contributed by atoms with van der Waals surface area (Å²) in [6.07, 6.45) is 1.58. The summed E-state index contributed by atoms with van der Waals surface area (Å²) in [5.74, 6) is 1.65. The molecule has 0 fully saturated rings. The normalized spacial score (nSPS) is 11.4. The highest BCUT2D eigenvalue weighted by Crippen LogP contribution is 2.42. The monoisotopic (exact) mass is 571 g/mol. The van der Waals surface area contributed by atoms with E-state index >= 15 is 0 Å². The van der Waals surface area contributed by atoms with Crippen molar-refractivity contribution in [2.24, 2.45) is 5.10 Å². The maximum Gasteiger partial charge on any atom is 0.282 e. The molecule has 6 nitrogen and oxygen atoms in total. The molecule has 1 aromatic heterocycles. The first-order valence-corrected chi connectivity index (χ1v) is 10.7. The lowest BCUT2D eigenvalue weighted by Crippen LogP contribution is -2.20. The predicted molar refractivity (Wildman–Crippen MR) is 121 cm³/mol. The Morgan fingerprint density at radius 3 is 2.64 bits per heavy atom. The minimum absolute atomic E-state index is 0.242. The van der Waals surface area contributed by atoms with E-state index in [1.165, 1.54) is 4.68 Å². The standard InChI is InChI=1S/C19H16Br3N3O3/c1-4-28-15-7-11(16(21)17(22)18(15)27-3)9-23-25-10(2)24-14-6-5-12(20)8-13(14)19(25)26/h5-9H,4H2,1-3H3. The summed E-state index contributed by atoms with van der Waals surface area (Å²) in [7, 11) is 1.57. The second-order valence-corrected chi connectivity index (χ2v) is 8.24. The van der Waals surface area contributed by atoms with Crippen LogP contribution < -0.4 is 15.0 Å². The average molecular weight is 574 g/mol. The topological polar surface area (TPSA) is 65.7 Å². The first kappa shape index (κ1) is 21.0. The van der Waals surface area contributed by atoms with E-state index in [0.29, 0.717) is 39.3 Å². The summed E-state index contributed by atoms with van der Waals surface area (Å²) in [5, 5.41) is 4.86. The van der Waals surface area contributed by atoms with E-state index in [4.69, 9.17) is 9.47 Å². The van der Waals surface area contributed by atoms with Crippen LogP contribution in [-0.2, 0) is 0 Å². The van der Waals surface area contributed by atoms with E-state index in [2.05, 4.69) is 57.9 Å². The van der Waals surface area contributed by atoms with E-state index in [-0.39, 0.29) is 5.56 Å². The average Bonchev–Trinajstić information content (AvgIpc) is 2.66. The number of aromatic nitrogens is 2. The Kier molecular flexibility index (Phi) is 6.57. The van der Waals surface area contributed by atoms with Crippen LogP contribution in [0.1, 0.15) is 18.3 Å². The molecule has 0 saturated carbocycles. The first-order valence-electron chi connectivity index (χ1n) is 8.29. The summed E-state index contributed by atoms with van der Waals surface area (Å²) in [6.45, 7) is 4.12. The molecule has 0 radical (unpaired) electrons. The zero-order valence-corrected chi connectivity index (χ0v) is 20.1. The lowest BCUT2D eigenvalue weighted by molar-refractivity contribution is 0.309. The second kappa shape index (κ2) is 8.75. The van der Waals surface area contributed by atoms with Gasteiger partial charge < -0.3 is 9.47 Å². The number of ether oxygens (including phenoxy) is 2. The number of hydrogen-bond donors (Lipinski definition) is 0. The molecule has 2 aromatic carbocycles. The Morgan fingerprint density at radius 1 is 1.21 bits per heavy atom. The molecule has 0 saturated heterocycles. The summed E-state index contributed by atoms with van der Waals surface area (Å²) >= 11 is 10.4. The largest absolute Gasteiger partial charge is 0.492 e. The van der Waals surface area contributed by atoms with Gasteiger partial charge in [0.15, 0.2) is 11.5 Å². The first-order chi connectivity index (χ1) is 13.4. The molecule has 0 atom stereocenters. The number of rotatable bonds is 5. The number of aryl methyl sites for hydroxylation is 1. The number of benzene rings is 2. The Hall–Kier alpha value is -1.71. The molecule has 3 aromatic rings. The fourth-order valence-corrected chi connectivity index (χ4v) is 4.01. The molecule has 1 heterocycles. The SMILES string of the molecule is CCOc1cc(C=Nn2c(C)nc3ccc(Br)cc3c2=O)c(Br)c(Br)c1OC. The van der Waals surface area contributed by atoms with Gasteiger partial charge in [-0.1, -0.05) is 15.9 Å². The fraction of sp³-hybridized carbons (Fsp3) is 0.211. The van der Waals surface area contributed by atoms with Crippen LogP contribution in [0.2, 0.25) is 0 Å². The Morgan fingerprint density at radius 2 is 1.96 bits per heavy atom. The highest BCUT2D eigenvalue weighted by Gasteiger charge is 2.16. The van der Waals surface area contributed by atoms with Gasteiger partial charge in [-0.05, 0) is 70.0 Å². The molecule has 0 aliphatic rings. The summed E-state index contributed by atoms with van der Waals surface area (Å²) in [4.78, 5) is 17.3. The van der Waals surface area contributed by atoms with Gasteiger partial charge in [0, 0.05) is 14.5 Å². The zero-order valence-electron chi connectivity index (χ0n) is 15.3. The number of fused-ring (bicyclic) bond motifs is 1. The summed E-state index contributed by atoms with van der Waals surface area (Å²) in [5.41, 5.74) is 1.11. The number of hydrogen-bond acceptors (Lipinski definition) is 5. The molecule has 9 heteroatoms. The lowest BCUT2D eigenvalue weighted by Gasteiger charge is -2.14. The van der Waals surface area contributed by atoms with Crippen LogP contribution >= 0.6 is 47.8 Å². The quantitative estimate of drug-likeness (QED) is 0.390. The van der Waals surface area contributed by atoms with Crippen LogP contribution in [0.4, 0.5) is 0 Å². The van der Waals surface area contributed by atoms with Gasteiger partial charge in [-0.2, -0.15) is 9.78 Å². The summed E-state index contributed by atoms with van der Waals surface area (Å²) in [6, 6.07) is 7.19. The molecule has 0 unspecified atom stereocenters. The van der Waals surface area contributed by atoms with Gasteiger partial charge in [0.25, 0.3) is 5.56 Å². The van der Waals surface area contributed by atoms with Crippen LogP contribution in [-0.4, -0.2) is 29.6 Å². The van der Waals surface area contributed by atoms with Gasteiger partial charge in [0.2, 0.25) is 0 Å². The highest BCUT2D eigenvalue weighted by molar-refractivity contribution is 9.13. The predicted octanol–water partition coefficient (Wildman–Crippen LogP) is 5.28. The smallest absolute Gasteiger partial charge is 0.282 e. The van der Waals surface area contributed by atoms with Gasteiger partial charge in [0.1, 0.15) is 5.82 Å². The van der Waals surface area contributed by atoms with E-state index in [9.17, 15) is 4.79 Å². The van der Waals surface area contributed by atoms with Crippen molar-refractivity contribution in [2.75, 3.05) is 13.7 Å². The molecular formula is C19H16Br3N3O3. The fourth-order valence-electron chi connectivity index (χ4n) is 2.67. The Labute approximate surface area is 187 Å². The Bertz CT molecular complexity index is 1140. The molecule has 0 spiro atoms. The molecule has 3 rings (SSSR count). The number of halogens is 3. The van der Waals surface area contributed by atoms with Gasteiger partial charge >= 0.3 is 0 Å². The van der Waals surface area contributed by atoms with Gasteiger partial charge in [0.05, 0.1) is 35.3 Å². The third-order valence-electron chi connectivity index (χ3n) is 3.94. The van der Waals surface area contributed by atoms with Crippen LogP contribution in [0, 0.1) is 6.92 Å². The molecule has 0 N–H and O–H groups in total. The van der Waals surface area contributed by atoms with Crippen molar-refractivity contribution in [1.82, 2.24) is 9.66 Å². The molecule has 0 aliphatic carbocycles. The van der Waals surface area contributed by atoms with Crippen molar-refractivity contribution in [3.63, 3.8) is 0 Å². The summed E-state index contributed by atoms with van der Waals surface area (Å²) < 4.78 is 14.6. The van der Waals surface area contributed by atoms with E-state index < -0.39 is 0 Å². The van der Waals surface area contributed by atoms with E-state index in [0.717, 1.165) is 14.5 Å². The third kappa shape index (κ3) is 4.01. The molecule has 0 aliphatic heterocycles. The minimum atomic E-state index is -0.242. The molecule has 146 valence electrons. The zero-order chi connectivity index (χ0) is 20.4. The molecule has 0 bridgehead atoms. The molecular weight excluding hydrogens is 558 g/mol. The van der Waals surface area contributed by atoms with Crippen LogP contribution in [0.5, 0.6) is 11.5 Å². The Balaban J connectivity index is 2.13. The van der Waals surface area contributed by atoms with Gasteiger partial charge in [-0.25, -0.2) is 4.98 Å². The minimum Gasteiger partial charge on any atom is -0.492 e. The third-order valence-corrected chi connectivity index (χ3v) is 6.58.